The van der Waals surface area contributed by atoms with Gasteiger partial charge in [-0.1, -0.05) is 27.7 Å². The lowest BCUT2D eigenvalue weighted by Crippen LogP contribution is -2.34. The quantitative estimate of drug-likeness (QED) is 0.599. The van der Waals surface area contributed by atoms with E-state index in [0.29, 0.717) is 0 Å². The summed E-state index contributed by atoms with van der Waals surface area (Å²) in [4.78, 5) is 4.89. The molecule has 0 aliphatic carbocycles. The smallest absolute Gasteiger partial charge is 0.0109 e. The Kier molecular flexibility index (Phi) is 7.29. The van der Waals surface area contributed by atoms with Gasteiger partial charge in [-0.3, -0.25) is 0 Å². The molecule has 2 heteroatoms. The minimum atomic E-state index is 0.779. The Hall–Kier alpha value is -0.0800. The second-order valence-corrected chi connectivity index (χ2v) is 4.18. The van der Waals surface area contributed by atoms with Gasteiger partial charge < -0.3 is 9.80 Å². The van der Waals surface area contributed by atoms with Crippen molar-refractivity contribution in [1.29, 1.82) is 0 Å². The Labute approximate surface area is 83.9 Å². The lowest BCUT2D eigenvalue weighted by molar-refractivity contribution is 0.227. The summed E-state index contributed by atoms with van der Waals surface area (Å²) in [5, 5.41) is 0. The van der Waals surface area contributed by atoms with Crippen LogP contribution in [0.5, 0.6) is 0 Å². The minimum absolute atomic E-state index is 0.779. The first kappa shape index (κ1) is 12.9. The van der Waals surface area contributed by atoms with Crippen molar-refractivity contribution in [3.8, 4) is 0 Å². The summed E-state index contributed by atoms with van der Waals surface area (Å²) in [5.74, 6) is 0.779. The van der Waals surface area contributed by atoms with Crippen LogP contribution in [0.15, 0.2) is 0 Å². The molecule has 0 saturated heterocycles. The first-order valence-corrected chi connectivity index (χ1v) is 5.51. The third-order valence-corrected chi connectivity index (χ3v) is 2.37. The number of rotatable bonds is 7. The fraction of sp³-hybridized carbons (Fsp3) is 1.00. The molecular weight excluding hydrogens is 160 g/mol. The molecule has 2 nitrogen and oxygen atoms in total. The van der Waals surface area contributed by atoms with Gasteiger partial charge >= 0.3 is 0 Å². The topological polar surface area (TPSA) is 6.48 Å². The lowest BCUT2D eigenvalue weighted by Gasteiger charge is -2.24. The molecule has 0 aliphatic heterocycles. The van der Waals surface area contributed by atoms with Gasteiger partial charge in [-0.05, 0) is 26.1 Å². The molecule has 0 aromatic heterocycles. The van der Waals surface area contributed by atoms with Gasteiger partial charge in [-0.25, -0.2) is 0 Å². The lowest BCUT2D eigenvalue weighted by atomic mass is 10.2. The summed E-state index contributed by atoms with van der Waals surface area (Å²) in [6.07, 6.45) is 0. The van der Waals surface area contributed by atoms with Crippen LogP contribution in [0.2, 0.25) is 0 Å². The van der Waals surface area contributed by atoms with Crippen LogP contribution in [0.1, 0.15) is 27.7 Å². The number of nitrogens with zero attached hydrogens (tertiary/aromatic N) is 2. The molecule has 0 aliphatic rings. The van der Waals surface area contributed by atoms with Crippen LogP contribution in [0.4, 0.5) is 0 Å². The molecule has 0 aromatic carbocycles. The number of hydrogen-bond donors (Lipinski definition) is 0. The average Bonchev–Trinajstić information content (AvgIpc) is 2.05. The summed E-state index contributed by atoms with van der Waals surface area (Å²) < 4.78 is 0. The fourth-order valence-electron chi connectivity index (χ4n) is 1.57. The van der Waals surface area contributed by atoms with E-state index in [0.717, 1.165) is 5.92 Å². The normalized spacial score (nSPS) is 12.0. The number of likely N-dealkylation sites (N-methyl/N-ethyl adjacent to an activating group) is 2. The van der Waals surface area contributed by atoms with Gasteiger partial charge in [-0.15, -0.1) is 0 Å². The highest BCUT2D eigenvalue weighted by molar-refractivity contribution is 4.59. The maximum atomic E-state index is 2.47. The molecule has 0 spiro atoms. The Balaban J connectivity index is 3.49. The van der Waals surface area contributed by atoms with Gasteiger partial charge in [0.1, 0.15) is 0 Å². The Morgan fingerprint density at radius 1 is 1.00 bits per heavy atom. The van der Waals surface area contributed by atoms with Crippen molar-refractivity contribution in [2.45, 2.75) is 27.7 Å². The van der Waals surface area contributed by atoms with Crippen LogP contribution >= 0.6 is 0 Å². The zero-order chi connectivity index (χ0) is 10.3. The van der Waals surface area contributed by atoms with E-state index in [9.17, 15) is 0 Å². The molecule has 0 radical (unpaired) electrons. The van der Waals surface area contributed by atoms with E-state index >= 15 is 0 Å². The zero-order valence-electron chi connectivity index (χ0n) is 10.0. The molecule has 0 aromatic rings. The highest BCUT2D eigenvalue weighted by Crippen LogP contribution is 1.96. The molecule has 0 heterocycles. The molecule has 80 valence electrons. The van der Waals surface area contributed by atoms with Crippen molar-refractivity contribution >= 4 is 0 Å². The molecular formula is C11H26N2. The molecule has 0 unspecified atom stereocenters. The summed E-state index contributed by atoms with van der Waals surface area (Å²) >= 11 is 0. The van der Waals surface area contributed by atoms with Crippen molar-refractivity contribution in [2.24, 2.45) is 5.92 Å². The summed E-state index contributed by atoms with van der Waals surface area (Å²) in [7, 11) is 2.21. The second-order valence-electron chi connectivity index (χ2n) is 4.18. The van der Waals surface area contributed by atoms with Crippen molar-refractivity contribution in [3.05, 3.63) is 0 Å². The van der Waals surface area contributed by atoms with E-state index in [2.05, 4.69) is 44.5 Å². The van der Waals surface area contributed by atoms with Gasteiger partial charge in [0.15, 0.2) is 0 Å². The van der Waals surface area contributed by atoms with Crippen LogP contribution in [0, 0.1) is 5.92 Å². The Morgan fingerprint density at radius 2 is 1.54 bits per heavy atom. The highest BCUT2D eigenvalue weighted by Gasteiger charge is 2.03. The van der Waals surface area contributed by atoms with Gasteiger partial charge in [0.2, 0.25) is 0 Å². The fourth-order valence-corrected chi connectivity index (χ4v) is 1.57. The van der Waals surface area contributed by atoms with E-state index < -0.39 is 0 Å². The average molecular weight is 186 g/mol. The van der Waals surface area contributed by atoms with Crippen LogP contribution in [-0.4, -0.2) is 49.6 Å². The molecule has 0 saturated carbocycles. The van der Waals surface area contributed by atoms with Gasteiger partial charge in [0.25, 0.3) is 0 Å². The molecule has 0 amide bonds. The molecule has 0 fully saturated rings. The Morgan fingerprint density at radius 3 is 1.92 bits per heavy atom. The van der Waals surface area contributed by atoms with E-state index in [-0.39, 0.29) is 0 Å². The SMILES string of the molecule is CCN(CC)CCN(C)CC(C)C. The van der Waals surface area contributed by atoms with Gasteiger partial charge in [0, 0.05) is 19.6 Å². The highest BCUT2D eigenvalue weighted by atomic mass is 15.2. The summed E-state index contributed by atoms with van der Waals surface area (Å²) in [6.45, 7) is 15.0. The first-order valence-electron chi connectivity index (χ1n) is 5.51. The Bertz CT molecular complexity index is 109. The van der Waals surface area contributed by atoms with Gasteiger partial charge in [0.05, 0.1) is 0 Å². The maximum absolute atomic E-state index is 2.47. The van der Waals surface area contributed by atoms with Crippen molar-refractivity contribution in [2.75, 3.05) is 39.8 Å². The van der Waals surface area contributed by atoms with Crippen molar-refractivity contribution in [1.82, 2.24) is 9.80 Å². The second kappa shape index (κ2) is 7.34. The molecule has 0 bridgehead atoms. The molecule has 0 atom stereocenters. The third kappa shape index (κ3) is 7.03. The van der Waals surface area contributed by atoms with Gasteiger partial charge in [-0.2, -0.15) is 0 Å². The van der Waals surface area contributed by atoms with Crippen LogP contribution in [0.25, 0.3) is 0 Å². The summed E-state index contributed by atoms with van der Waals surface area (Å²) in [6, 6.07) is 0. The van der Waals surface area contributed by atoms with Crippen LogP contribution < -0.4 is 0 Å². The van der Waals surface area contributed by atoms with Crippen LogP contribution in [0.3, 0.4) is 0 Å². The van der Waals surface area contributed by atoms with Crippen LogP contribution in [-0.2, 0) is 0 Å². The molecule has 0 rings (SSSR count). The largest absolute Gasteiger partial charge is 0.305 e. The van der Waals surface area contributed by atoms with E-state index in [1.165, 1.54) is 32.7 Å². The number of hydrogen-bond acceptors (Lipinski definition) is 2. The van der Waals surface area contributed by atoms with Crippen molar-refractivity contribution in [3.63, 3.8) is 0 Å². The first-order chi connectivity index (χ1) is 6.10. The predicted octanol–water partition coefficient (Wildman–Crippen LogP) is 1.92. The van der Waals surface area contributed by atoms with E-state index in [1.54, 1.807) is 0 Å². The minimum Gasteiger partial charge on any atom is -0.305 e. The monoisotopic (exact) mass is 186 g/mol. The zero-order valence-corrected chi connectivity index (χ0v) is 10.0. The summed E-state index contributed by atoms with van der Waals surface area (Å²) in [5.41, 5.74) is 0. The predicted molar refractivity (Wildman–Crippen MR) is 60.1 cm³/mol. The molecule has 13 heavy (non-hydrogen) atoms. The van der Waals surface area contributed by atoms with E-state index in [1.807, 2.05) is 0 Å². The third-order valence-electron chi connectivity index (χ3n) is 2.37. The van der Waals surface area contributed by atoms with E-state index in [4.69, 9.17) is 0 Å². The maximum Gasteiger partial charge on any atom is 0.0109 e. The standard InChI is InChI=1S/C11H26N2/c1-6-13(7-2)9-8-12(5)10-11(3)4/h11H,6-10H2,1-5H3. The molecule has 0 N–H and O–H groups in total. The van der Waals surface area contributed by atoms with Crippen molar-refractivity contribution < 1.29 is 0 Å².